The average Bonchev–Trinajstić information content (AvgIpc) is 2.49. The Hall–Kier alpha value is -2.60. The minimum absolute atomic E-state index is 0.385. The molecule has 0 aliphatic rings. The number of ether oxygens (including phenoxy) is 1. The lowest BCUT2D eigenvalue weighted by atomic mass is 10.1. The number of hydrogen-bond donors (Lipinski definition) is 3. The molecule has 2 aromatic rings. The maximum absolute atomic E-state index is 10.4. The molecule has 110 valence electrons. The van der Waals surface area contributed by atoms with E-state index in [0.29, 0.717) is 31.1 Å². The summed E-state index contributed by atoms with van der Waals surface area (Å²) in [5.41, 5.74) is 7.55. The van der Waals surface area contributed by atoms with Crippen LogP contribution in [0.2, 0.25) is 0 Å². The SMILES string of the molecule is NCc1ccnc(Oc2ccc(CCNC(=O)O)cc2)c1. The van der Waals surface area contributed by atoms with Crippen molar-refractivity contribution in [2.75, 3.05) is 6.54 Å². The number of pyridine rings is 1. The molecule has 4 N–H and O–H groups in total. The molecular weight excluding hydrogens is 270 g/mol. The zero-order valence-corrected chi connectivity index (χ0v) is 11.5. The smallest absolute Gasteiger partial charge is 0.404 e. The van der Waals surface area contributed by atoms with E-state index < -0.39 is 6.09 Å². The van der Waals surface area contributed by atoms with Crippen molar-refractivity contribution in [1.29, 1.82) is 0 Å². The van der Waals surface area contributed by atoms with Crippen molar-refractivity contribution in [2.45, 2.75) is 13.0 Å². The van der Waals surface area contributed by atoms with Gasteiger partial charge in [0, 0.05) is 25.4 Å². The van der Waals surface area contributed by atoms with Crippen LogP contribution in [-0.4, -0.2) is 22.7 Å². The minimum Gasteiger partial charge on any atom is -0.465 e. The lowest BCUT2D eigenvalue weighted by molar-refractivity contribution is 0.194. The van der Waals surface area contributed by atoms with Gasteiger partial charge in [-0.2, -0.15) is 0 Å². The fraction of sp³-hybridized carbons (Fsp3) is 0.200. The second-order valence-electron chi connectivity index (χ2n) is 4.43. The van der Waals surface area contributed by atoms with Gasteiger partial charge in [-0.3, -0.25) is 0 Å². The Morgan fingerprint density at radius 2 is 2.00 bits per heavy atom. The van der Waals surface area contributed by atoms with Gasteiger partial charge in [0.2, 0.25) is 5.88 Å². The topological polar surface area (TPSA) is 97.5 Å². The van der Waals surface area contributed by atoms with Crippen LogP contribution in [0.5, 0.6) is 11.6 Å². The molecule has 6 nitrogen and oxygen atoms in total. The highest BCUT2D eigenvalue weighted by atomic mass is 16.5. The van der Waals surface area contributed by atoms with Gasteiger partial charge < -0.3 is 20.9 Å². The van der Waals surface area contributed by atoms with E-state index in [1.807, 2.05) is 30.3 Å². The molecule has 0 aliphatic heterocycles. The van der Waals surface area contributed by atoms with Crippen LogP contribution in [-0.2, 0) is 13.0 Å². The Morgan fingerprint density at radius 3 is 2.67 bits per heavy atom. The van der Waals surface area contributed by atoms with Crippen molar-refractivity contribution in [1.82, 2.24) is 10.3 Å². The van der Waals surface area contributed by atoms with Gasteiger partial charge in [-0.25, -0.2) is 9.78 Å². The van der Waals surface area contributed by atoms with Gasteiger partial charge in [-0.15, -0.1) is 0 Å². The predicted octanol–water partition coefficient (Wildman–Crippen LogP) is 2.14. The first-order valence-electron chi connectivity index (χ1n) is 6.56. The largest absolute Gasteiger partial charge is 0.465 e. The van der Waals surface area contributed by atoms with Crippen molar-refractivity contribution in [3.63, 3.8) is 0 Å². The van der Waals surface area contributed by atoms with Crippen molar-refractivity contribution in [2.24, 2.45) is 5.73 Å². The average molecular weight is 287 g/mol. The zero-order chi connectivity index (χ0) is 15.1. The molecule has 0 spiro atoms. The lowest BCUT2D eigenvalue weighted by Gasteiger charge is -2.07. The molecule has 0 saturated carbocycles. The summed E-state index contributed by atoms with van der Waals surface area (Å²) in [5, 5.41) is 10.8. The highest BCUT2D eigenvalue weighted by molar-refractivity contribution is 5.64. The van der Waals surface area contributed by atoms with Crippen LogP contribution in [0.3, 0.4) is 0 Å². The summed E-state index contributed by atoms with van der Waals surface area (Å²) in [6, 6.07) is 11.1. The molecule has 2 rings (SSSR count). The van der Waals surface area contributed by atoms with E-state index in [9.17, 15) is 4.79 Å². The molecule has 6 heteroatoms. The van der Waals surface area contributed by atoms with E-state index in [2.05, 4.69) is 10.3 Å². The summed E-state index contributed by atoms with van der Waals surface area (Å²) in [6.45, 7) is 0.823. The Labute approximate surface area is 122 Å². The Morgan fingerprint density at radius 1 is 1.24 bits per heavy atom. The fourth-order valence-electron chi connectivity index (χ4n) is 1.79. The second-order valence-corrected chi connectivity index (χ2v) is 4.43. The number of hydrogen-bond acceptors (Lipinski definition) is 4. The predicted molar refractivity (Wildman–Crippen MR) is 78.4 cm³/mol. The number of nitrogens with one attached hydrogen (secondary N) is 1. The van der Waals surface area contributed by atoms with Crippen LogP contribution in [0.4, 0.5) is 4.79 Å². The fourth-order valence-corrected chi connectivity index (χ4v) is 1.79. The molecule has 1 aromatic heterocycles. The molecule has 0 atom stereocenters. The third-order valence-electron chi connectivity index (χ3n) is 2.87. The first-order valence-corrected chi connectivity index (χ1v) is 6.56. The first kappa shape index (κ1) is 14.8. The van der Waals surface area contributed by atoms with Gasteiger partial charge in [0.1, 0.15) is 5.75 Å². The van der Waals surface area contributed by atoms with Crippen LogP contribution < -0.4 is 15.8 Å². The molecule has 21 heavy (non-hydrogen) atoms. The normalized spacial score (nSPS) is 10.1. The number of aromatic nitrogens is 1. The maximum atomic E-state index is 10.4. The highest BCUT2D eigenvalue weighted by Gasteiger charge is 2.01. The number of benzene rings is 1. The molecular formula is C15H17N3O3. The second kappa shape index (κ2) is 7.25. The van der Waals surface area contributed by atoms with Gasteiger partial charge in [-0.05, 0) is 35.7 Å². The summed E-state index contributed by atoms with van der Waals surface area (Å²) < 4.78 is 5.64. The van der Waals surface area contributed by atoms with E-state index >= 15 is 0 Å². The maximum Gasteiger partial charge on any atom is 0.404 e. The standard InChI is InChI=1S/C15H17N3O3/c16-10-12-6-7-17-14(9-12)21-13-3-1-11(2-4-13)5-8-18-15(19)20/h1-4,6-7,9,18H,5,8,10,16H2,(H,19,20). The summed E-state index contributed by atoms with van der Waals surface area (Å²) in [6.07, 6.45) is 1.28. The van der Waals surface area contributed by atoms with E-state index in [1.54, 1.807) is 12.3 Å². The number of amides is 1. The van der Waals surface area contributed by atoms with Crippen LogP contribution in [0.15, 0.2) is 42.6 Å². The van der Waals surface area contributed by atoms with Crippen LogP contribution in [0.1, 0.15) is 11.1 Å². The summed E-state index contributed by atoms with van der Waals surface area (Å²) in [5.74, 6) is 1.17. The van der Waals surface area contributed by atoms with E-state index in [4.69, 9.17) is 15.6 Å². The number of carboxylic acid groups (broad SMARTS) is 1. The van der Waals surface area contributed by atoms with Crippen molar-refractivity contribution in [3.05, 3.63) is 53.7 Å². The molecule has 1 amide bonds. The lowest BCUT2D eigenvalue weighted by Crippen LogP contribution is -2.23. The molecule has 0 bridgehead atoms. The number of carbonyl (C=O) groups is 1. The molecule has 0 saturated heterocycles. The third-order valence-corrected chi connectivity index (χ3v) is 2.87. The molecule has 0 fully saturated rings. The Balaban J connectivity index is 1.93. The van der Waals surface area contributed by atoms with E-state index in [1.165, 1.54) is 0 Å². The van der Waals surface area contributed by atoms with Crippen molar-refractivity contribution < 1.29 is 14.6 Å². The van der Waals surface area contributed by atoms with Gasteiger partial charge in [0.05, 0.1) is 0 Å². The Kier molecular flexibility index (Phi) is 5.11. The van der Waals surface area contributed by atoms with Gasteiger partial charge in [0.15, 0.2) is 0 Å². The monoisotopic (exact) mass is 287 g/mol. The highest BCUT2D eigenvalue weighted by Crippen LogP contribution is 2.20. The summed E-state index contributed by atoms with van der Waals surface area (Å²) in [4.78, 5) is 14.5. The van der Waals surface area contributed by atoms with Crippen LogP contribution in [0.25, 0.3) is 0 Å². The van der Waals surface area contributed by atoms with E-state index in [-0.39, 0.29) is 0 Å². The molecule has 0 unspecified atom stereocenters. The van der Waals surface area contributed by atoms with Crippen molar-refractivity contribution in [3.8, 4) is 11.6 Å². The summed E-state index contributed by atoms with van der Waals surface area (Å²) in [7, 11) is 0. The number of nitrogens with zero attached hydrogens (tertiary/aromatic N) is 1. The molecule has 0 radical (unpaired) electrons. The number of rotatable bonds is 6. The molecule has 1 heterocycles. The summed E-state index contributed by atoms with van der Waals surface area (Å²) >= 11 is 0. The first-order chi connectivity index (χ1) is 10.2. The van der Waals surface area contributed by atoms with E-state index in [0.717, 1.165) is 11.1 Å². The van der Waals surface area contributed by atoms with Gasteiger partial charge >= 0.3 is 6.09 Å². The molecule has 1 aromatic carbocycles. The van der Waals surface area contributed by atoms with Gasteiger partial charge in [-0.1, -0.05) is 12.1 Å². The quantitative estimate of drug-likeness (QED) is 0.756. The Bertz CT molecular complexity index is 599. The van der Waals surface area contributed by atoms with Crippen molar-refractivity contribution >= 4 is 6.09 Å². The minimum atomic E-state index is -1.01. The third kappa shape index (κ3) is 4.77. The van der Waals surface area contributed by atoms with Crippen LogP contribution in [0, 0.1) is 0 Å². The number of nitrogens with two attached hydrogens (primary N) is 1. The van der Waals surface area contributed by atoms with Gasteiger partial charge in [0.25, 0.3) is 0 Å². The molecule has 0 aliphatic carbocycles. The zero-order valence-electron chi connectivity index (χ0n) is 11.5. The van der Waals surface area contributed by atoms with Crippen LogP contribution >= 0.6 is 0 Å².